The highest BCUT2D eigenvalue weighted by molar-refractivity contribution is 6.22. The highest BCUT2D eigenvalue weighted by atomic mass is 14.9. The third-order valence-electron chi connectivity index (χ3n) is 8.95. The minimum absolute atomic E-state index is 0.733. The zero-order valence-corrected chi connectivity index (χ0v) is 25.9. The van der Waals surface area contributed by atoms with E-state index in [1.54, 1.807) is 0 Å². The third kappa shape index (κ3) is 4.42. The lowest BCUT2D eigenvalue weighted by atomic mass is 9.88. The normalized spacial score (nSPS) is 11.3. The average Bonchev–Trinajstić information content (AvgIpc) is 3.14. The molecule has 0 radical (unpaired) electrons. The maximum absolute atomic E-state index is 5.07. The Morgan fingerprint density at radius 2 is 0.826 bits per heavy atom. The molecule has 0 spiro atoms. The van der Waals surface area contributed by atoms with E-state index < -0.39 is 0 Å². The summed E-state index contributed by atoms with van der Waals surface area (Å²) in [6, 6.07) is 52.0. The van der Waals surface area contributed by atoms with Gasteiger partial charge in [-0.3, -0.25) is 0 Å². The maximum Gasteiger partial charge on any atom is 0.160 e. The van der Waals surface area contributed by atoms with E-state index in [1.807, 2.05) is 26.2 Å². The molecule has 8 aromatic carbocycles. The number of hydrogen-bond donors (Lipinski definition) is 0. The molecule has 0 saturated carbocycles. The summed E-state index contributed by atoms with van der Waals surface area (Å²) in [5.74, 6) is 0.733. The highest BCUT2D eigenvalue weighted by Gasteiger charge is 2.18. The van der Waals surface area contributed by atoms with Crippen molar-refractivity contribution in [2.24, 2.45) is 0 Å². The van der Waals surface area contributed by atoms with E-state index in [0.717, 1.165) is 33.3 Å². The SMILES string of the molecule is CC.c1ccc(-c2c3ccccc3c(-c3ncc(-c4cc5c6ccccc6ccc5c5ccccc45)cn3)c3ccccc23)cc1. The smallest absolute Gasteiger partial charge is 0.160 e. The lowest BCUT2D eigenvalue weighted by Gasteiger charge is -2.17. The second-order valence-corrected chi connectivity index (χ2v) is 11.4. The summed E-state index contributed by atoms with van der Waals surface area (Å²) < 4.78 is 0. The molecule has 0 N–H and O–H groups in total. The van der Waals surface area contributed by atoms with Gasteiger partial charge in [0.1, 0.15) is 0 Å². The van der Waals surface area contributed by atoms with Gasteiger partial charge in [0.15, 0.2) is 5.82 Å². The van der Waals surface area contributed by atoms with Crippen molar-refractivity contribution in [1.29, 1.82) is 0 Å². The monoisotopic (exact) mass is 588 g/mol. The molecule has 1 heterocycles. The Kier molecular flexibility index (Phi) is 6.96. The summed E-state index contributed by atoms with van der Waals surface area (Å²) in [6.07, 6.45) is 3.99. The molecule has 218 valence electrons. The molecular weight excluding hydrogens is 556 g/mol. The van der Waals surface area contributed by atoms with Gasteiger partial charge < -0.3 is 0 Å². The summed E-state index contributed by atoms with van der Waals surface area (Å²) in [6.45, 7) is 4.00. The average molecular weight is 589 g/mol. The van der Waals surface area contributed by atoms with Crippen LogP contribution in [0.4, 0.5) is 0 Å². The predicted octanol–water partition coefficient (Wildman–Crippen LogP) is 12.3. The van der Waals surface area contributed by atoms with Crippen molar-refractivity contribution in [3.8, 4) is 33.6 Å². The van der Waals surface area contributed by atoms with E-state index in [1.165, 1.54) is 54.2 Å². The quantitative estimate of drug-likeness (QED) is 0.152. The van der Waals surface area contributed by atoms with E-state index in [2.05, 4.69) is 146 Å². The summed E-state index contributed by atoms with van der Waals surface area (Å²) >= 11 is 0. The molecule has 0 unspecified atom stereocenters. The van der Waals surface area contributed by atoms with Crippen LogP contribution in [0, 0.1) is 0 Å². The van der Waals surface area contributed by atoms with Crippen molar-refractivity contribution < 1.29 is 0 Å². The fraction of sp³-hybridized carbons (Fsp3) is 0.0455. The van der Waals surface area contributed by atoms with Crippen molar-refractivity contribution in [2.45, 2.75) is 13.8 Å². The minimum Gasteiger partial charge on any atom is -0.236 e. The zero-order valence-electron chi connectivity index (χ0n) is 25.9. The molecular formula is C44H32N2. The van der Waals surface area contributed by atoms with Crippen molar-refractivity contribution >= 4 is 53.9 Å². The molecule has 0 aliphatic rings. The Balaban J connectivity index is 0.00000153. The van der Waals surface area contributed by atoms with Crippen LogP contribution in [0.15, 0.2) is 158 Å². The number of fused-ring (bicyclic) bond motifs is 7. The first-order valence-corrected chi connectivity index (χ1v) is 16.0. The number of benzene rings is 8. The van der Waals surface area contributed by atoms with Crippen molar-refractivity contribution in [3.63, 3.8) is 0 Å². The van der Waals surface area contributed by atoms with Gasteiger partial charge in [0.25, 0.3) is 0 Å². The minimum atomic E-state index is 0.733. The van der Waals surface area contributed by atoms with Gasteiger partial charge in [-0.25, -0.2) is 9.97 Å². The van der Waals surface area contributed by atoms with Crippen LogP contribution >= 0.6 is 0 Å². The first-order valence-electron chi connectivity index (χ1n) is 16.0. The fourth-order valence-electron chi connectivity index (χ4n) is 6.98. The second-order valence-electron chi connectivity index (χ2n) is 11.4. The van der Waals surface area contributed by atoms with E-state index >= 15 is 0 Å². The lowest BCUT2D eigenvalue weighted by molar-refractivity contribution is 1.19. The highest BCUT2D eigenvalue weighted by Crippen LogP contribution is 2.43. The number of hydrogen-bond acceptors (Lipinski definition) is 2. The zero-order chi connectivity index (χ0) is 31.0. The van der Waals surface area contributed by atoms with Gasteiger partial charge in [-0.15, -0.1) is 0 Å². The van der Waals surface area contributed by atoms with Crippen LogP contribution in [0.5, 0.6) is 0 Å². The first kappa shape index (κ1) is 27.7. The topological polar surface area (TPSA) is 25.8 Å². The first-order chi connectivity index (χ1) is 22.8. The Morgan fingerprint density at radius 3 is 1.46 bits per heavy atom. The molecule has 0 saturated heterocycles. The molecule has 0 aliphatic carbocycles. The lowest BCUT2D eigenvalue weighted by Crippen LogP contribution is -1.95. The summed E-state index contributed by atoms with van der Waals surface area (Å²) in [5, 5.41) is 12.2. The van der Waals surface area contributed by atoms with Crippen LogP contribution in [0.2, 0.25) is 0 Å². The fourth-order valence-corrected chi connectivity index (χ4v) is 6.98. The largest absolute Gasteiger partial charge is 0.236 e. The number of aromatic nitrogens is 2. The van der Waals surface area contributed by atoms with Crippen LogP contribution in [-0.4, -0.2) is 9.97 Å². The van der Waals surface area contributed by atoms with E-state index in [0.29, 0.717) is 0 Å². The van der Waals surface area contributed by atoms with Gasteiger partial charge in [0, 0.05) is 23.5 Å². The Labute approximate surface area is 268 Å². The predicted molar refractivity (Wildman–Crippen MR) is 197 cm³/mol. The van der Waals surface area contributed by atoms with Gasteiger partial charge >= 0.3 is 0 Å². The summed E-state index contributed by atoms with van der Waals surface area (Å²) in [5.41, 5.74) is 5.67. The maximum atomic E-state index is 5.07. The molecule has 2 heteroatoms. The van der Waals surface area contributed by atoms with Gasteiger partial charge in [0.05, 0.1) is 0 Å². The molecule has 0 amide bonds. The van der Waals surface area contributed by atoms with Crippen LogP contribution in [0.25, 0.3) is 87.5 Å². The molecule has 1 aromatic heterocycles. The van der Waals surface area contributed by atoms with Gasteiger partial charge in [0.2, 0.25) is 0 Å². The molecule has 2 nitrogen and oxygen atoms in total. The van der Waals surface area contributed by atoms with Crippen LogP contribution < -0.4 is 0 Å². The van der Waals surface area contributed by atoms with E-state index in [-0.39, 0.29) is 0 Å². The molecule has 9 aromatic rings. The van der Waals surface area contributed by atoms with Gasteiger partial charge in [-0.2, -0.15) is 0 Å². The van der Waals surface area contributed by atoms with Gasteiger partial charge in [-0.1, -0.05) is 153 Å². The van der Waals surface area contributed by atoms with Crippen LogP contribution in [0.3, 0.4) is 0 Å². The molecule has 0 bridgehead atoms. The summed E-state index contributed by atoms with van der Waals surface area (Å²) in [4.78, 5) is 10.1. The Bertz CT molecular complexity index is 2470. The molecule has 46 heavy (non-hydrogen) atoms. The van der Waals surface area contributed by atoms with Crippen molar-refractivity contribution in [2.75, 3.05) is 0 Å². The molecule has 9 rings (SSSR count). The van der Waals surface area contributed by atoms with Crippen molar-refractivity contribution in [1.82, 2.24) is 9.97 Å². The van der Waals surface area contributed by atoms with Crippen LogP contribution in [-0.2, 0) is 0 Å². The second kappa shape index (κ2) is 11.6. The van der Waals surface area contributed by atoms with Gasteiger partial charge in [-0.05, 0) is 76.6 Å². The molecule has 0 atom stereocenters. The summed E-state index contributed by atoms with van der Waals surface area (Å²) in [7, 11) is 0. The Hall–Kier alpha value is -5.86. The van der Waals surface area contributed by atoms with Crippen LogP contribution in [0.1, 0.15) is 13.8 Å². The van der Waals surface area contributed by atoms with E-state index in [9.17, 15) is 0 Å². The van der Waals surface area contributed by atoms with Crippen molar-refractivity contribution in [3.05, 3.63) is 158 Å². The number of nitrogens with zero attached hydrogens (tertiary/aromatic N) is 2. The van der Waals surface area contributed by atoms with E-state index in [4.69, 9.17) is 9.97 Å². The molecule has 0 fully saturated rings. The molecule has 0 aliphatic heterocycles. The third-order valence-corrected chi connectivity index (χ3v) is 8.95. The number of rotatable bonds is 3. The Morgan fingerprint density at radius 1 is 0.348 bits per heavy atom. The standard InChI is InChI=1S/C42H26N2.C2H6/c1-2-13-28(14-3-1)40-34-18-8-10-20-36(34)41(37-21-11-9-19-35(37)40)42-43-25-29(26-44-42)38-24-39-30-15-5-4-12-27(30)22-23-33(39)31-16-6-7-17-32(31)38;1-2/h1-26H;1-2H3.